The van der Waals surface area contributed by atoms with Crippen molar-refractivity contribution in [1.29, 1.82) is 0 Å². The maximum Gasteiger partial charge on any atom is 0.326 e. The molecule has 9 heteroatoms. The largest absolute Gasteiger partial charge is 0.480 e. The average molecular weight is 350 g/mol. The van der Waals surface area contributed by atoms with Crippen LogP contribution >= 0.6 is 0 Å². The van der Waals surface area contributed by atoms with Crippen LogP contribution in [0.1, 0.15) is 15.9 Å². The van der Waals surface area contributed by atoms with E-state index in [1.807, 2.05) is 0 Å². The van der Waals surface area contributed by atoms with E-state index in [0.29, 0.717) is 6.07 Å². The summed E-state index contributed by atoms with van der Waals surface area (Å²) in [5.74, 6) is -4.55. The molecule has 0 fully saturated rings. The lowest BCUT2D eigenvalue weighted by Crippen LogP contribution is -2.42. The predicted octanol–water partition coefficient (Wildman–Crippen LogP) is 2.30. The first kappa shape index (κ1) is 18.0. The van der Waals surface area contributed by atoms with Crippen molar-refractivity contribution in [3.63, 3.8) is 0 Å². The second-order valence-corrected chi connectivity index (χ2v) is 5.08. The fourth-order valence-corrected chi connectivity index (χ4v) is 2.19. The second kappa shape index (κ2) is 7.47. The van der Waals surface area contributed by atoms with Gasteiger partial charge in [-0.15, -0.1) is 0 Å². The number of para-hydroxylation sites is 1. The van der Waals surface area contributed by atoms with Crippen molar-refractivity contribution < 1.29 is 28.4 Å². The molecule has 0 aliphatic rings. The van der Waals surface area contributed by atoms with E-state index in [0.717, 1.165) is 12.1 Å². The summed E-state index contributed by atoms with van der Waals surface area (Å²) in [6, 6.07) is 6.17. The van der Waals surface area contributed by atoms with Crippen molar-refractivity contribution in [1.82, 2.24) is 5.32 Å². The molecule has 2 N–H and O–H groups in total. The molecule has 7 nitrogen and oxygen atoms in total. The van der Waals surface area contributed by atoms with E-state index in [1.54, 1.807) is 0 Å². The maximum absolute atomic E-state index is 13.6. The Labute approximate surface area is 140 Å². The van der Waals surface area contributed by atoms with Crippen LogP contribution in [0.25, 0.3) is 0 Å². The number of hydrogen-bond donors (Lipinski definition) is 2. The number of nitrogens with zero attached hydrogens (tertiary/aromatic N) is 1. The average Bonchev–Trinajstić information content (AvgIpc) is 2.54. The van der Waals surface area contributed by atoms with Gasteiger partial charge in [0.15, 0.2) is 0 Å². The molecule has 1 amide bonds. The van der Waals surface area contributed by atoms with Crippen molar-refractivity contribution in [3.8, 4) is 0 Å². The van der Waals surface area contributed by atoms with E-state index in [-0.39, 0.29) is 17.7 Å². The molecule has 25 heavy (non-hydrogen) atoms. The number of nitro groups is 1. The van der Waals surface area contributed by atoms with Gasteiger partial charge in [-0.3, -0.25) is 14.9 Å². The number of benzene rings is 2. The number of nitrogens with one attached hydrogen (secondary N) is 1. The maximum atomic E-state index is 13.6. The van der Waals surface area contributed by atoms with Crippen LogP contribution in [0, 0.1) is 21.7 Å². The fraction of sp³-hybridized carbons (Fsp3) is 0.125. The minimum Gasteiger partial charge on any atom is -0.480 e. The molecule has 130 valence electrons. The SMILES string of the molecule is O=C(N[C@H](Cc1ccccc1[N+](=O)[O-])C(=O)O)c1ccc(F)cc1F. The molecule has 2 rings (SSSR count). The van der Waals surface area contributed by atoms with Crippen molar-refractivity contribution in [3.05, 3.63) is 75.3 Å². The number of amides is 1. The van der Waals surface area contributed by atoms with Crippen molar-refractivity contribution in [2.45, 2.75) is 12.5 Å². The molecule has 0 saturated heterocycles. The Kier molecular flexibility index (Phi) is 5.38. The van der Waals surface area contributed by atoms with Gasteiger partial charge in [0, 0.05) is 24.1 Å². The summed E-state index contributed by atoms with van der Waals surface area (Å²) in [5, 5.41) is 22.3. The van der Waals surface area contributed by atoms with Crippen molar-refractivity contribution in [2.75, 3.05) is 0 Å². The zero-order valence-corrected chi connectivity index (χ0v) is 12.6. The fourth-order valence-electron chi connectivity index (χ4n) is 2.19. The summed E-state index contributed by atoms with van der Waals surface area (Å²) in [6.45, 7) is 0. The first-order chi connectivity index (χ1) is 11.8. The van der Waals surface area contributed by atoms with Gasteiger partial charge in [0.05, 0.1) is 10.5 Å². The molecule has 0 aliphatic carbocycles. The summed E-state index contributed by atoms with van der Waals surface area (Å²) in [7, 11) is 0. The number of carbonyl (C=O) groups is 2. The standard InChI is InChI=1S/C16H12F2N2O5/c17-10-5-6-11(12(18)8-10)15(21)19-13(16(22)23)7-9-3-1-2-4-14(9)20(24)25/h1-6,8,13H,7H2,(H,19,21)(H,22,23)/t13-/m1/s1. The van der Waals surface area contributed by atoms with Crippen molar-refractivity contribution in [2.24, 2.45) is 0 Å². The molecule has 0 heterocycles. The first-order valence-corrected chi connectivity index (χ1v) is 7.00. The third kappa shape index (κ3) is 4.34. The van der Waals surface area contributed by atoms with Gasteiger partial charge in [-0.05, 0) is 12.1 Å². The number of nitro benzene ring substituents is 1. The molecule has 0 radical (unpaired) electrons. The zero-order chi connectivity index (χ0) is 18.6. The lowest BCUT2D eigenvalue weighted by molar-refractivity contribution is -0.385. The van der Waals surface area contributed by atoms with Gasteiger partial charge in [0.2, 0.25) is 0 Å². The highest BCUT2D eigenvalue weighted by Gasteiger charge is 2.25. The molecule has 0 aliphatic heterocycles. The molecule has 2 aromatic carbocycles. The van der Waals surface area contributed by atoms with Crippen molar-refractivity contribution >= 4 is 17.6 Å². The molecule has 0 aromatic heterocycles. The molecule has 0 bridgehead atoms. The summed E-state index contributed by atoms with van der Waals surface area (Å²) in [6.07, 6.45) is -0.374. The number of hydrogen-bond acceptors (Lipinski definition) is 4. The van der Waals surface area contributed by atoms with Crippen LogP contribution in [0.5, 0.6) is 0 Å². The third-order valence-electron chi connectivity index (χ3n) is 3.39. The lowest BCUT2D eigenvalue weighted by Gasteiger charge is -2.15. The summed E-state index contributed by atoms with van der Waals surface area (Å²) in [5.41, 5.74) is -0.731. The number of rotatable bonds is 6. The van der Waals surface area contributed by atoms with Crippen LogP contribution in [0.4, 0.5) is 14.5 Å². The highest BCUT2D eigenvalue weighted by atomic mass is 19.1. The normalized spacial score (nSPS) is 11.6. The Hall–Kier alpha value is -3.36. The molecule has 0 unspecified atom stereocenters. The smallest absolute Gasteiger partial charge is 0.326 e. The monoisotopic (exact) mass is 350 g/mol. The van der Waals surface area contributed by atoms with Gasteiger partial charge in [-0.1, -0.05) is 18.2 Å². The summed E-state index contributed by atoms with van der Waals surface area (Å²) < 4.78 is 26.5. The molecular formula is C16H12F2N2O5. The highest BCUT2D eigenvalue weighted by Crippen LogP contribution is 2.19. The summed E-state index contributed by atoms with van der Waals surface area (Å²) in [4.78, 5) is 33.7. The van der Waals surface area contributed by atoms with E-state index in [4.69, 9.17) is 0 Å². The summed E-state index contributed by atoms with van der Waals surface area (Å²) >= 11 is 0. The minimum absolute atomic E-state index is 0.0970. The van der Waals surface area contributed by atoms with Gasteiger partial charge in [0.25, 0.3) is 11.6 Å². The first-order valence-electron chi connectivity index (χ1n) is 7.00. The van der Waals surface area contributed by atoms with Gasteiger partial charge >= 0.3 is 5.97 Å². The Balaban J connectivity index is 2.23. The Bertz CT molecular complexity index is 841. The van der Waals surface area contributed by atoms with Crippen LogP contribution in [-0.4, -0.2) is 27.9 Å². The van der Waals surface area contributed by atoms with E-state index < -0.39 is 40.0 Å². The van der Waals surface area contributed by atoms with Crippen LogP contribution < -0.4 is 5.32 Å². The topological polar surface area (TPSA) is 110 Å². The van der Waals surface area contributed by atoms with Crippen LogP contribution in [0.2, 0.25) is 0 Å². The number of carboxylic acids is 1. The van der Waals surface area contributed by atoms with Crippen LogP contribution in [0.15, 0.2) is 42.5 Å². The quantitative estimate of drug-likeness (QED) is 0.614. The number of carbonyl (C=O) groups excluding carboxylic acids is 1. The van der Waals surface area contributed by atoms with Gasteiger partial charge in [-0.2, -0.15) is 0 Å². The lowest BCUT2D eigenvalue weighted by atomic mass is 10.0. The molecule has 1 atom stereocenters. The number of halogens is 2. The predicted molar refractivity (Wildman–Crippen MR) is 82.0 cm³/mol. The molecule has 0 saturated carbocycles. The molecular weight excluding hydrogens is 338 g/mol. The number of carboxylic acid groups (broad SMARTS) is 1. The Morgan fingerprint density at radius 1 is 1.20 bits per heavy atom. The van der Waals surface area contributed by atoms with Gasteiger partial charge in [-0.25, -0.2) is 13.6 Å². The van der Waals surface area contributed by atoms with Gasteiger partial charge < -0.3 is 10.4 Å². The van der Waals surface area contributed by atoms with E-state index in [1.165, 1.54) is 24.3 Å². The number of aliphatic carboxylic acids is 1. The molecule has 0 spiro atoms. The Morgan fingerprint density at radius 2 is 1.88 bits per heavy atom. The zero-order valence-electron chi connectivity index (χ0n) is 12.6. The third-order valence-corrected chi connectivity index (χ3v) is 3.39. The van der Waals surface area contributed by atoms with Crippen LogP contribution in [-0.2, 0) is 11.2 Å². The Morgan fingerprint density at radius 3 is 2.48 bits per heavy atom. The van der Waals surface area contributed by atoms with E-state index in [2.05, 4.69) is 5.32 Å². The van der Waals surface area contributed by atoms with Crippen LogP contribution in [0.3, 0.4) is 0 Å². The second-order valence-electron chi connectivity index (χ2n) is 5.08. The van der Waals surface area contributed by atoms with E-state index >= 15 is 0 Å². The van der Waals surface area contributed by atoms with Gasteiger partial charge in [0.1, 0.15) is 17.7 Å². The van der Waals surface area contributed by atoms with E-state index in [9.17, 15) is 33.6 Å². The minimum atomic E-state index is -1.53. The highest BCUT2D eigenvalue weighted by molar-refractivity contribution is 5.96. The molecule has 2 aromatic rings.